The monoisotopic (exact) mass is 422 g/mol. The van der Waals surface area contributed by atoms with Crippen LogP contribution in [0.15, 0.2) is 47.4 Å². The molecule has 5 nitrogen and oxygen atoms in total. The highest BCUT2D eigenvalue weighted by Crippen LogP contribution is 2.30. The normalized spacial score (nSPS) is 11.5. The summed E-state index contributed by atoms with van der Waals surface area (Å²) in [6.45, 7) is 7.95. The van der Waals surface area contributed by atoms with Gasteiger partial charge in [-0.15, -0.1) is 0 Å². The van der Waals surface area contributed by atoms with Gasteiger partial charge >= 0.3 is 0 Å². The third-order valence-electron chi connectivity index (χ3n) is 4.45. The topological polar surface area (TPSA) is 66.5 Å². The molecule has 2 rings (SSSR count). The largest absolute Gasteiger partial charge is 0.355 e. The first-order valence-corrected chi connectivity index (χ1v) is 11.1. The van der Waals surface area contributed by atoms with Crippen LogP contribution in [0.25, 0.3) is 0 Å². The Balaban J connectivity index is 2.40. The second-order valence-corrected chi connectivity index (χ2v) is 9.51. The molecule has 152 valence electrons. The maximum absolute atomic E-state index is 13.3. The molecule has 2 aromatic carbocycles. The predicted octanol–water partition coefficient (Wildman–Crippen LogP) is 4.31. The SMILES string of the molecule is Cc1ccc(S(=O)(=O)N(CC(=O)NCCC(C)C)c2cccc(Cl)c2C)cc1. The molecule has 0 heterocycles. The van der Waals surface area contributed by atoms with Crippen molar-refractivity contribution >= 4 is 33.2 Å². The Morgan fingerprint density at radius 2 is 1.75 bits per heavy atom. The van der Waals surface area contributed by atoms with Gasteiger partial charge in [-0.3, -0.25) is 9.10 Å². The van der Waals surface area contributed by atoms with Gasteiger partial charge in [0.15, 0.2) is 0 Å². The van der Waals surface area contributed by atoms with E-state index < -0.39 is 10.0 Å². The number of carbonyl (C=O) groups is 1. The molecule has 7 heteroatoms. The van der Waals surface area contributed by atoms with Crippen LogP contribution in [0.5, 0.6) is 0 Å². The molecule has 0 radical (unpaired) electrons. The number of sulfonamides is 1. The molecule has 0 aromatic heterocycles. The standard InChI is InChI=1S/C21H27ClN2O3S/c1-15(2)12-13-23-21(25)14-24(20-7-5-6-19(22)17(20)4)28(26,27)18-10-8-16(3)9-11-18/h5-11,15H,12-14H2,1-4H3,(H,23,25). The summed E-state index contributed by atoms with van der Waals surface area (Å²) in [6, 6.07) is 11.6. The van der Waals surface area contributed by atoms with Crippen molar-refractivity contribution in [2.24, 2.45) is 5.92 Å². The molecule has 1 N–H and O–H groups in total. The molecular weight excluding hydrogens is 396 g/mol. The van der Waals surface area contributed by atoms with Gasteiger partial charge in [0.2, 0.25) is 5.91 Å². The second-order valence-electron chi connectivity index (χ2n) is 7.24. The minimum Gasteiger partial charge on any atom is -0.355 e. The zero-order chi connectivity index (χ0) is 20.9. The van der Waals surface area contributed by atoms with Gasteiger partial charge in [0.05, 0.1) is 10.6 Å². The molecule has 0 aliphatic rings. The summed E-state index contributed by atoms with van der Waals surface area (Å²) in [5.41, 5.74) is 1.96. The number of hydrogen-bond donors (Lipinski definition) is 1. The maximum atomic E-state index is 13.3. The Labute approximate surface area is 172 Å². The van der Waals surface area contributed by atoms with Crippen LogP contribution in [0, 0.1) is 19.8 Å². The van der Waals surface area contributed by atoms with Crippen LogP contribution in [0.2, 0.25) is 5.02 Å². The number of nitrogens with zero attached hydrogens (tertiary/aromatic N) is 1. The summed E-state index contributed by atoms with van der Waals surface area (Å²) in [7, 11) is -3.93. The van der Waals surface area contributed by atoms with Crippen molar-refractivity contribution in [2.75, 3.05) is 17.4 Å². The molecule has 0 unspecified atom stereocenters. The summed E-state index contributed by atoms with van der Waals surface area (Å²) in [4.78, 5) is 12.6. The first-order valence-electron chi connectivity index (χ1n) is 9.24. The molecule has 0 fully saturated rings. The first kappa shape index (κ1) is 22.2. The lowest BCUT2D eigenvalue weighted by Gasteiger charge is -2.26. The smallest absolute Gasteiger partial charge is 0.264 e. The van der Waals surface area contributed by atoms with E-state index in [0.717, 1.165) is 16.3 Å². The van der Waals surface area contributed by atoms with E-state index in [1.54, 1.807) is 49.4 Å². The number of benzene rings is 2. The zero-order valence-electron chi connectivity index (χ0n) is 16.7. The molecule has 2 aromatic rings. The molecule has 0 spiro atoms. The molecule has 0 aliphatic carbocycles. The average molecular weight is 423 g/mol. The van der Waals surface area contributed by atoms with E-state index in [9.17, 15) is 13.2 Å². The van der Waals surface area contributed by atoms with Crippen LogP contribution >= 0.6 is 11.6 Å². The molecule has 0 saturated heterocycles. The fourth-order valence-electron chi connectivity index (χ4n) is 2.69. The molecular formula is C21H27ClN2O3S. The molecule has 0 aliphatic heterocycles. The first-order chi connectivity index (χ1) is 13.1. The van der Waals surface area contributed by atoms with Crippen LogP contribution in [0.4, 0.5) is 5.69 Å². The lowest BCUT2D eigenvalue weighted by molar-refractivity contribution is -0.119. The van der Waals surface area contributed by atoms with Crippen molar-refractivity contribution in [3.8, 4) is 0 Å². The maximum Gasteiger partial charge on any atom is 0.264 e. The van der Waals surface area contributed by atoms with Crippen LogP contribution < -0.4 is 9.62 Å². The minimum absolute atomic E-state index is 0.132. The summed E-state index contributed by atoms with van der Waals surface area (Å²) < 4.78 is 27.8. The summed E-state index contributed by atoms with van der Waals surface area (Å²) in [5, 5.41) is 3.25. The highest BCUT2D eigenvalue weighted by molar-refractivity contribution is 7.92. The lowest BCUT2D eigenvalue weighted by Crippen LogP contribution is -2.41. The molecule has 0 bridgehead atoms. The number of rotatable bonds is 8. The number of carbonyl (C=O) groups excluding carboxylic acids is 1. The van der Waals surface area contributed by atoms with Gasteiger partial charge in [-0.2, -0.15) is 0 Å². The third kappa shape index (κ3) is 5.49. The third-order valence-corrected chi connectivity index (χ3v) is 6.63. The van der Waals surface area contributed by atoms with Crippen LogP contribution in [-0.2, 0) is 14.8 Å². The number of nitrogens with one attached hydrogen (secondary N) is 1. The van der Waals surface area contributed by atoms with Crippen molar-refractivity contribution < 1.29 is 13.2 Å². The number of hydrogen-bond acceptors (Lipinski definition) is 3. The van der Waals surface area contributed by atoms with Crippen molar-refractivity contribution in [2.45, 2.75) is 39.0 Å². The summed E-state index contributed by atoms with van der Waals surface area (Å²) in [5.74, 6) is 0.0959. The van der Waals surface area contributed by atoms with Gasteiger partial charge < -0.3 is 5.32 Å². The van der Waals surface area contributed by atoms with E-state index in [1.165, 1.54) is 0 Å². The Kier molecular flexibility index (Phi) is 7.49. The van der Waals surface area contributed by atoms with Crippen LogP contribution in [0.1, 0.15) is 31.4 Å². The Bertz CT molecular complexity index is 925. The highest BCUT2D eigenvalue weighted by Gasteiger charge is 2.28. The van der Waals surface area contributed by atoms with E-state index in [4.69, 9.17) is 11.6 Å². The quantitative estimate of drug-likeness (QED) is 0.689. The van der Waals surface area contributed by atoms with Gasteiger partial charge in [-0.25, -0.2) is 8.42 Å². The molecule has 0 atom stereocenters. The fourth-order valence-corrected chi connectivity index (χ4v) is 4.34. The fraction of sp³-hybridized carbons (Fsp3) is 0.381. The zero-order valence-corrected chi connectivity index (χ0v) is 18.3. The van der Waals surface area contributed by atoms with E-state index in [0.29, 0.717) is 28.7 Å². The number of halogens is 1. The van der Waals surface area contributed by atoms with Crippen LogP contribution in [-0.4, -0.2) is 27.4 Å². The van der Waals surface area contributed by atoms with Gasteiger partial charge in [-0.1, -0.05) is 49.2 Å². The summed E-state index contributed by atoms with van der Waals surface area (Å²) in [6.07, 6.45) is 0.826. The highest BCUT2D eigenvalue weighted by atomic mass is 35.5. The van der Waals surface area contributed by atoms with E-state index >= 15 is 0 Å². The van der Waals surface area contributed by atoms with Gasteiger partial charge in [0.25, 0.3) is 10.0 Å². The molecule has 28 heavy (non-hydrogen) atoms. The number of aryl methyl sites for hydroxylation is 1. The van der Waals surface area contributed by atoms with Crippen molar-refractivity contribution in [3.63, 3.8) is 0 Å². The van der Waals surface area contributed by atoms with Crippen molar-refractivity contribution in [1.82, 2.24) is 5.32 Å². The van der Waals surface area contributed by atoms with E-state index in [-0.39, 0.29) is 17.3 Å². The molecule has 1 amide bonds. The van der Waals surface area contributed by atoms with E-state index in [2.05, 4.69) is 19.2 Å². The molecule has 0 saturated carbocycles. The predicted molar refractivity (Wildman–Crippen MR) is 114 cm³/mol. The van der Waals surface area contributed by atoms with Gasteiger partial charge in [0, 0.05) is 11.6 Å². The number of amides is 1. The van der Waals surface area contributed by atoms with Gasteiger partial charge in [-0.05, 0) is 56.0 Å². The Morgan fingerprint density at radius 1 is 1.11 bits per heavy atom. The Morgan fingerprint density at radius 3 is 2.36 bits per heavy atom. The van der Waals surface area contributed by atoms with Crippen LogP contribution in [0.3, 0.4) is 0 Å². The van der Waals surface area contributed by atoms with Crippen molar-refractivity contribution in [3.05, 3.63) is 58.6 Å². The average Bonchev–Trinajstić information content (AvgIpc) is 2.62. The number of anilines is 1. The minimum atomic E-state index is -3.93. The Hall–Kier alpha value is -2.05. The van der Waals surface area contributed by atoms with Gasteiger partial charge in [0.1, 0.15) is 6.54 Å². The second kappa shape index (κ2) is 9.43. The summed E-state index contributed by atoms with van der Waals surface area (Å²) >= 11 is 6.21. The van der Waals surface area contributed by atoms with Crippen molar-refractivity contribution in [1.29, 1.82) is 0 Å². The van der Waals surface area contributed by atoms with E-state index in [1.807, 2.05) is 6.92 Å². The lowest BCUT2D eigenvalue weighted by atomic mass is 10.1.